The predicted octanol–water partition coefficient (Wildman–Crippen LogP) is 2.27. The smallest absolute Gasteiger partial charge is 0.415 e. The third kappa shape index (κ3) is 2.87. The summed E-state index contributed by atoms with van der Waals surface area (Å²) in [6.07, 6.45) is 3.10. The average molecular weight is 263 g/mol. The van der Waals surface area contributed by atoms with Gasteiger partial charge in [0.2, 0.25) is 0 Å². The molecule has 5 nitrogen and oxygen atoms in total. The molecule has 1 aliphatic rings. The Bertz CT molecular complexity index is 460. The Balaban J connectivity index is 2.35. The molecule has 0 spiro atoms. The molecule has 0 fully saturated rings. The van der Waals surface area contributed by atoms with E-state index in [1.165, 1.54) is 0 Å². The van der Waals surface area contributed by atoms with E-state index >= 15 is 0 Å². The maximum Gasteiger partial charge on any atom is 0.415 e. The molecule has 0 radical (unpaired) electrons. The molecule has 0 saturated heterocycles. The van der Waals surface area contributed by atoms with E-state index in [2.05, 4.69) is 4.98 Å². The van der Waals surface area contributed by atoms with Crippen LogP contribution in [0.3, 0.4) is 0 Å². The van der Waals surface area contributed by atoms with Crippen LogP contribution >= 0.6 is 0 Å². The Hall–Kier alpha value is -1.62. The van der Waals surface area contributed by atoms with Gasteiger partial charge in [-0.2, -0.15) is 0 Å². The molecule has 1 unspecified atom stereocenters. The van der Waals surface area contributed by atoms with E-state index in [9.17, 15) is 4.79 Å². The molecule has 1 aromatic heterocycles. The van der Waals surface area contributed by atoms with Crippen molar-refractivity contribution >= 4 is 11.8 Å². The third-order valence-electron chi connectivity index (χ3n) is 3.19. The number of pyridine rings is 1. The third-order valence-corrected chi connectivity index (χ3v) is 3.19. The van der Waals surface area contributed by atoms with Crippen LogP contribution < -0.4 is 4.90 Å². The van der Waals surface area contributed by atoms with E-state index in [1.54, 1.807) is 11.1 Å². The first-order chi connectivity index (χ1) is 9.00. The van der Waals surface area contributed by atoms with Crippen molar-refractivity contribution in [2.45, 2.75) is 39.0 Å². The van der Waals surface area contributed by atoms with Crippen LogP contribution in [0.5, 0.6) is 0 Å². The number of aromatic nitrogens is 1. The van der Waals surface area contributed by atoms with E-state index in [4.69, 9.17) is 4.74 Å². The van der Waals surface area contributed by atoms with Crippen molar-refractivity contribution in [2.24, 2.45) is 0 Å². The Kier molecular flexibility index (Phi) is 4.04. The first-order valence-corrected chi connectivity index (χ1v) is 6.61. The largest absolute Gasteiger partial charge is 0.446 e. The number of amides is 1. The van der Waals surface area contributed by atoms with Crippen molar-refractivity contribution in [2.75, 3.05) is 19.0 Å². The SMILES string of the molecule is CC(C)OC(=O)N1c2cccnc2CCC1N(C)C. The molecule has 0 aliphatic carbocycles. The minimum absolute atomic E-state index is 0.0166. The number of aryl methyl sites for hydroxylation is 1. The minimum atomic E-state index is -0.303. The molecule has 2 heterocycles. The van der Waals surface area contributed by atoms with Gasteiger partial charge in [-0.05, 0) is 52.9 Å². The minimum Gasteiger partial charge on any atom is -0.446 e. The lowest BCUT2D eigenvalue weighted by Crippen LogP contribution is -2.51. The van der Waals surface area contributed by atoms with Crippen LogP contribution in [0.4, 0.5) is 10.5 Å². The van der Waals surface area contributed by atoms with Crippen molar-refractivity contribution in [3.63, 3.8) is 0 Å². The summed E-state index contributed by atoms with van der Waals surface area (Å²) < 4.78 is 5.36. The summed E-state index contributed by atoms with van der Waals surface area (Å²) in [6.45, 7) is 3.72. The Morgan fingerprint density at radius 3 is 2.89 bits per heavy atom. The van der Waals surface area contributed by atoms with Gasteiger partial charge in [-0.1, -0.05) is 0 Å². The monoisotopic (exact) mass is 263 g/mol. The quantitative estimate of drug-likeness (QED) is 0.821. The van der Waals surface area contributed by atoms with E-state index in [1.807, 2.05) is 45.0 Å². The Labute approximate surface area is 114 Å². The zero-order valence-electron chi connectivity index (χ0n) is 12.0. The fourth-order valence-corrected chi connectivity index (χ4v) is 2.36. The molecule has 0 N–H and O–H groups in total. The molecular formula is C14H21N3O2. The number of carbonyl (C=O) groups excluding carboxylic acids is 1. The number of anilines is 1. The second-order valence-corrected chi connectivity index (χ2v) is 5.25. The number of hydrogen-bond acceptors (Lipinski definition) is 4. The summed E-state index contributed by atoms with van der Waals surface area (Å²) in [4.78, 5) is 20.4. The van der Waals surface area contributed by atoms with Crippen molar-refractivity contribution in [1.29, 1.82) is 0 Å². The van der Waals surface area contributed by atoms with Gasteiger partial charge in [-0.15, -0.1) is 0 Å². The molecule has 0 aromatic carbocycles. The molecule has 0 bridgehead atoms. The number of hydrogen-bond donors (Lipinski definition) is 0. The maximum atomic E-state index is 12.3. The van der Waals surface area contributed by atoms with Crippen molar-refractivity contribution in [3.8, 4) is 0 Å². The summed E-state index contributed by atoms with van der Waals surface area (Å²) in [5.41, 5.74) is 1.82. The molecule has 1 amide bonds. The van der Waals surface area contributed by atoms with Crippen LogP contribution in [0.2, 0.25) is 0 Å². The van der Waals surface area contributed by atoms with Crippen LogP contribution in [-0.4, -0.2) is 42.3 Å². The topological polar surface area (TPSA) is 45.7 Å². The first kappa shape index (κ1) is 13.8. The maximum absolute atomic E-state index is 12.3. The van der Waals surface area contributed by atoms with Crippen molar-refractivity contribution < 1.29 is 9.53 Å². The van der Waals surface area contributed by atoms with Crippen LogP contribution in [0.25, 0.3) is 0 Å². The highest BCUT2D eigenvalue weighted by molar-refractivity contribution is 5.89. The lowest BCUT2D eigenvalue weighted by molar-refractivity contribution is 0.111. The van der Waals surface area contributed by atoms with Gasteiger partial charge in [0.25, 0.3) is 0 Å². The summed E-state index contributed by atoms with van der Waals surface area (Å²) in [5.74, 6) is 0. The lowest BCUT2D eigenvalue weighted by atomic mass is 10.0. The molecule has 5 heteroatoms. The molecule has 0 saturated carbocycles. The van der Waals surface area contributed by atoms with Gasteiger partial charge in [0.15, 0.2) is 0 Å². The number of rotatable bonds is 2. The zero-order chi connectivity index (χ0) is 14.0. The number of fused-ring (bicyclic) bond motifs is 1. The van der Waals surface area contributed by atoms with E-state index in [0.29, 0.717) is 0 Å². The molecule has 1 aliphatic heterocycles. The first-order valence-electron chi connectivity index (χ1n) is 6.61. The van der Waals surface area contributed by atoms with Gasteiger partial charge in [0, 0.05) is 6.20 Å². The summed E-state index contributed by atoms with van der Waals surface area (Å²) in [5, 5.41) is 0. The average Bonchev–Trinajstić information content (AvgIpc) is 2.36. The fraction of sp³-hybridized carbons (Fsp3) is 0.571. The second kappa shape index (κ2) is 5.57. The number of ether oxygens (including phenoxy) is 1. The molecule has 2 rings (SSSR count). The number of nitrogens with zero attached hydrogens (tertiary/aromatic N) is 3. The van der Waals surface area contributed by atoms with E-state index in [0.717, 1.165) is 24.2 Å². The standard InChI is InChI=1S/C14H21N3O2/c1-10(2)19-14(18)17-12-6-5-9-15-11(12)7-8-13(17)16(3)4/h5-6,9-10,13H,7-8H2,1-4H3. The second-order valence-electron chi connectivity index (χ2n) is 5.25. The molecule has 1 aromatic rings. The Morgan fingerprint density at radius 1 is 1.53 bits per heavy atom. The number of carbonyl (C=O) groups is 1. The molecule has 1 atom stereocenters. The van der Waals surface area contributed by atoms with Crippen molar-refractivity contribution in [1.82, 2.24) is 9.88 Å². The van der Waals surface area contributed by atoms with E-state index < -0.39 is 0 Å². The molecule has 104 valence electrons. The summed E-state index contributed by atoms with van der Waals surface area (Å²) in [6, 6.07) is 3.78. The van der Waals surface area contributed by atoms with Gasteiger partial charge < -0.3 is 4.74 Å². The zero-order valence-corrected chi connectivity index (χ0v) is 12.0. The van der Waals surface area contributed by atoms with Crippen LogP contribution in [-0.2, 0) is 11.2 Å². The fourth-order valence-electron chi connectivity index (χ4n) is 2.36. The predicted molar refractivity (Wildman–Crippen MR) is 74.1 cm³/mol. The van der Waals surface area contributed by atoms with E-state index in [-0.39, 0.29) is 18.4 Å². The van der Waals surface area contributed by atoms with Crippen molar-refractivity contribution in [3.05, 3.63) is 24.0 Å². The molecule has 19 heavy (non-hydrogen) atoms. The highest BCUT2D eigenvalue weighted by atomic mass is 16.6. The van der Waals surface area contributed by atoms with Gasteiger partial charge in [-0.3, -0.25) is 14.8 Å². The van der Waals surface area contributed by atoms with Gasteiger partial charge in [-0.25, -0.2) is 4.79 Å². The van der Waals surface area contributed by atoms with Gasteiger partial charge in [0.1, 0.15) is 0 Å². The van der Waals surface area contributed by atoms with Crippen LogP contribution in [0, 0.1) is 0 Å². The van der Waals surface area contributed by atoms with Gasteiger partial charge in [0.05, 0.1) is 23.7 Å². The summed E-state index contributed by atoms with van der Waals surface area (Å²) >= 11 is 0. The summed E-state index contributed by atoms with van der Waals surface area (Å²) in [7, 11) is 3.95. The highest BCUT2D eigenvalue weighted by Gasteiger charge is 2.34. The van der Waals surface area contributed by atoms with Crippen LogP contribution in [0.15, 0.2) is 18.3 Å². The Morgan fingerprint density at radius 2 is 2.26 bits per heavy atom. The lowest BCUT2D eigenvalue weighted by Gasteiger charge is -2.39. The van der Waals surface area contributed by atoms with Gasteiger partial charge >= 0.3 is 6.09 Å². The highest BCUT2D eigenvalue weighted by Crippen LogP contribution is 2.30. The molecular weight excluding hydrogens is 242 g/mol. The van der Waals surface area contributed by atoms with Crippen LogP contribution in [0.1, 0.15) is 26.0 Å². The normalized spacial score (nSPS) is 18.6.